The normalized spacial score (nSPS) is 18.4. The standard InChI is InChI=1S/C10H14N4O4/c1-7(8(15)16)3-13-9(17)14(12-11-13)4-10(2)5-18-6-10/h3H,4-6H2,1-2H3,(H,15,16). The Balaban J connectivity index is 2.21. The van der Waals surface area contributed by atoms with Crippen LogP contribution in [0.15, 0.2) is 10.4 Å². The molecule has 8 nitrogen and oxygen atoms in total. The van der Waals surface area contributed by atoms with E-state index in [0.717, 1.165) is 10.9 Å². The summed E-state index contributed by atoms with van der Waals surface area (Å²) in [6.45, 7) is 4.94. The van der Waals surface area contributed by atoms with Crippen molar-refractivity contribution in [1.29, 1.82) is 0 Å². The van der Waals surface area contributed by atoms with Crippen molar-refractivity contribution in [1.82, 2.24) is 19.8 Å². The molecule has 2 rings (SSSR count). The second-order valence-corrected chi connectivity index (χ2v) is 4.78. The fourth-order valence-corrected chi connectivity index (χ4v) is 1.61. The molecule has 1 aliphatic heterocycles. The zero-order valence-electron chi connectivity index (χ0n) is 10.2. The molecule has 1 aliphatic rings. The number of aliphatic carboxylic acids is 1. The summed E-state index contributed by atoms with van der Waals surface area (Å²) in [7, 11) is 0. The van der Waals surface area contributed by atoms with Crippen LogP contribution in [0.3, 0.4) is 0 Å². The van der Waals surface area contributed by atoms with Gasteiger partial charge in [0.15, 0.2) is 0 Å². The van der Waals surface area contributed by atoms with E-state index in [0.29, 0.717) is 19.8 Å². The van der Waals surface area contributed by atoms with Crippen LogP contribution in [0.25, 0.3) is 6.20 Å². The second-order valence-electron chi connectivity index (χ2n) is 4.78. The van der Waals surface area contributed by atoms with E-state index < -0.39 is 11.7 Å². The molecule has 0 unspecified atom stereocenters. The number of hydrogen-bond acceptors (Lipinski definition) is 5. The molecular weight excluding hydrogens is 240 g/mol. The zero-order valence-corrected chi connectivity index (χ0v) is 10.2. The highest BCUT2D eigenvalue weighted by atomic mass is 16.5. The maximum absolute atomic E-state index is 11.9. The fourth-order valence-electron chi connectivity index (χ4n) is 1.61. The summed E-state index contributed by atoms with van der Waals surface area (Å²) in [6.07, 6.45) is 1.15. The van der Waals surface area contributed by atoms with Gasteiger partial charge in [-0.2, -0.15) is 9.36 Å². The monoisotopic (exact) mass is 254 g/mol. The van der Waals surface area contributed by atoms with Crippen molar-refractivity contribution in [2.75, 3.05) is 13.2 Å². The maximum Gasteiger partial charge on any atom is 0.367 e. The van der Waals surface area contributed by atoms with Gasteiger partial charge in [0.05, 0.1) is 25.3 Å². The third-order valence-electron chi connectivity index (χ3n) is 2.75. The number of aromatic nitrogens is 4. The SMILES string of the molecule is CC(=Cn1nnn(CC2(C)COC2)c1=O)C(=O)O. The summed E-state index contributed by atoms with van der Waals surface area (Å²) in [4.78, 5) is 22.5. The highest BCUT2D eigenvalue weighted by Gasteiger charge is 2.35. The molecule has 2 heterocycles. The van der Waals surface area contributed by atoms with Gasteiger partial charge in [0, 0.05) is 11.6 Å². The van der Waals surface area contributed by atoms with Crippen molar-refractivity contribution in [2.45, 2.75) is 20.4 Å². The Kier molecular flexibility index (Phi) is 3.04. The molecular formula is C10H14N4O4. The molecule has 0 spiro atoms. The summed E-state index contributed by atoms with van der Waals surface area (Å²) in [5.41, 5.74) is -0.540. The quantitative estimate of drug-likeness (QED) is 0.722. The third-order valence-corrected chi connectivity index (χ3v) is 2.75. The largest absolute Gasteiger partial charge is 0.478 e. The molecule has 0 radical (unpaired) electrons. The Morgan fingerprint density at radius 1 is 1.56 bits per heavy atom. The number of carboxylic acid groups (broad SMARTS) is 1. The molecule has 0 atom stereocenters. The lowest BCUT2D eigenvalue weighted by Crippen LogP contribution is -2.45. The summed E-state index contributed by atoms with van der Waals surface area (Å²) in [5.74, 6) is -1.10. The van der Waals surface area contributed by atoms with Gasteiger partial charge < -0.3 is 9.84 Å². The Labute approximate surface area is 102 Å². The van der Waals surface area contributed by atoms with Crippen LogP contribution in [0.5, 0.6) is 0 Å². The van der Waals surface area contributed by atoms with Crippen LogP contribution < -0.4 is 5.69 Å². The van der Waals surface area contributed by atoms with E-state index in [9.17, 15) is 9.59 Å². The van der Waals surface area contributed by atoms with Crippen LogP contribution in [0.4, 0.5) is 0 Å². The smallest absolute Gasteiger partial charge is 0.367 e. The molecule has 1 N–H and O–H groups in total. The minimum absolute atomic E-state index is 0.0161. The van der Waals surface area contributed by atoms with Gasteiger partial charge in [-0.15, -0.1) is 0 Å². The molecule has 0 aliphatic carbocycles. The summed E-state index contributed by atoms with van der Waals surface area (Å²) in [6, 6.07) is 0. The molecule has 1 aromatic heterocycles. The van der Waals surface area contributed by atoms with Crippen LogP contribution in [-0.4, -0.2) is 44.1 Å². The lowest BCUT2D eigenvalue weighted by atomic mass is 9.89. The Bertz CT molecular complexity index is 552. The third kappa shape index (κ3) is 2.33. The average molecular weight is 254 g/mol. The first-order chi connectivity index (χ1) is 8.41. The van der Waals surface area contributed by atoms with Crippen molar-refractivity contribution >= 4 is 12.2 Å². The first-order valence-electron chi connectivity index (χ1n) is 5.43. The lowest BCUT2D eigenvalue weighted by molar-refractivity contribution is -0.132. The van der Waals surface area contributed by atoms with Gasteiger partial charge in [-0.1, -0.05) is 6.92 Å². The fraction of sp³-hybridized carbons (Fsp3) is 0.600. The number of tetrazole rings is 1. The molecule has 98 valence electrons. The van der Waals surface area contributed by atoms with E-state index in [-0.39, 0.29) is 11.0 Å². The van der Waals surface area contributed by atoms with Crippen molar-refractivity contribution in [2.24, 2.45) is 5.41 Å². The van der Waals surface area contributed by atoms with Crippen LogP contribution in [-0.2, 0) is 16.1 Å². The first kappa shape index (κ1) is 12.5. The Morgan fingerprint density at radius 2 is 2.22 bits per heavy atom. The van der Waals surface area contributed by atoms with E-state index in [4.69, 9.17) is 9.84 Å². The number of hydrogen-bond donors (Lipinski definition) is 1. The van der Waals surface area contributed by atoms with Gasteiger partial charge in [0.1, 0.15) is 0 Å². The van der Waals surface area contributed by atoms with Crippen LogP contribution in [0, 0.1) is 5.41 Å². The van der Waals surface area contributed by atoms with Gasteiger partial charge in [-0.25, -0.2) is 9.59 Å². The van der Waals surface area contributed by atoms with Gasteiger partial charge in [0.25, 0.3) is 0 Å². The minimum atomic E-state index is -1.10. The average Bonchev–Trinajstić information content (AvgIpc) is 2.59. The van der Waals surface area contributed by atoms with Gasteiger partial charge in [0.2, 0.25) is 0 Å². The molecule has 8 heteroatoms. The Hall–Kier alpha value is -1.96. The predicted octanol–water partition coefficient (Wildman–Crippen LogP) is -0.578. The van der Waals surface area contributed by atoms with E-state index in [2.05, 4.69) is 10.4 Å². The Morgan fingerprint density at radius 3 is 2.72 bits per heavy atom. The van der Waals surface area contributed by atoms with Gasteiger partial charge in [-0.3, -0.25) is 0 Å². The van der Waals surface area contributed by atoms with E-state index in [1.807, 2.05) is 6.92 Å². The molecule has 1 saturated heterocycles. The molecule has 1 fully saturated rings. The van der Waals surface area contributed by atoms with Crippen LogP contribution in [0.1, 0.15) is 13.8 Å². The van der Waals surface area contributed by atoms with Crippen molar-refractivity contribution in [3.05, 3.63) is 16.1 Å². The number of carbonyl (C=O) groups is 1. The number of rotatable bonds is 4. The molecule has 0 amide bonds. The topological polar surface area (TPSA) is 99.2 Å². The number of carboxylic acids is 1. The molecule has 0 aromatic carbocycles. The summed E-state index contributed by atoms with van der Waals surface area (Å²) >= 11 is 0. The molecule has 18 heavy (non-hydrogen) atoms. The second kappa shape index (κ2) is 4.37. The van der Waals surface area contributed by atoms with E-state index in [1.165, 1.54) is 11.6 Å². The maximum atomic E-state index is 11.9. The molecule has 0 saturated carbocycles. The minimum Gasteiger partial charge on any atom is -0.478 e. The van der Waals surface area contributed by atoms with Crippen molar-refractivity contribution in [3.63, 3.8) is 0 Å². The molecule has 1 aromatic rings. The first-order valence-corrected chi connectivity index (χ1v) is 5.43. The summed E-state index contributed by atoms with van der Waals surface area (Å²) in [5, 5.41) is 16.1. The number of ether oxygens (including phenoxy) is 1. The highest BCUT2D eigenvalue weighted by Crippen LogP contribution is 2.27. The highest BCUT2D eigenvalue weighted by molar-refractivity contribution is 5.89. The van der Waals surface area contributed by atoms with E-state index >= 15 is 0 Å². The van der Waals surface area contributed by atoms with Gasteiger partial charge in [-0.05, 0) is 17.4 Å². The summed E-state index contributed by atoms with van der Waals surface area (Å²) < 4.78 is 7.23. The van der Waals surface area contributed by atoms with E-state index in [1.54, 1.807) is 0 Å². The van der Waals surface area contributed by atoms with Crippen LogP contribution in [0.2, 0.25) is 0 Å². The predicted molar refractivity (Wildman–Crippen MR) is 60.8 cm³/mol. The zero-order chi connectivity index (χ0) is 13.3. The lowest BCUT2D eigenvalue weighted by Gasteiger charge is -2.37. The van der Waals surface area contributed by atoms with Crippen molar-refractivity contribution < 1.29 is 14.6 Å². The van der Waals surface area contributed by atoms with Gasteiger partial charge >= 0.3 is 11.7 Å². The number of nitrogens with zero attached hydrogens (tertiary/aromatic N) is 4. The molecule has 0 bridgehead atoms. The van der Waals surface area contributed by atoms with Crippen LogP contribution >= 0.6 is 0 Å². The van der Waals surface area contributed by atoms with Crippen molar-refractivity contribution in [3.8, 4) is 0 Å².